The molecule has 7 rings (SSSR count). The van der Waals surface area contributed by atoms with E-state index in [1.54, 1.807) is 0 Å². The largest absolute Gasteiger partial charge is 0.422 e. The topological polar surface area (TPSA) is 46.5 Å². The van der Waals surface area contributed by atoms with E-state index in [2.05, 4.69) is 0 Å². The molecular weight excluding hydrogens is 753 g/mol. The van der Waals surface area contributed by atoms with E-state index in [0.29, 0.717) is 0 Å². The molecule has 268 valence electrons. The smallest absolute Gasteiger partial charge is 0.398 e. The highest BCUT2D eigenvalue weighted by molar-refractivity contribution is 7.30. The lowest BCUT2D eigenvalue weighted by molar-refractivity contribution is -0.144. The molecule has 0 spiro atoms. The Bertz CT molecular complexity index is 2480. The first-order valence-corrected chi connectivity index (χ1v) is 15.3. The molecule has 0 radical (unpaired) electrons. The summed E-state index contributed by atoms with van der Waals surface area (Å²) < 4.78 is 213. The molecule has 0 bridgehead atoms. The van der Waals surface area contributed by atoms with Crippen molar-refractivity contribution < 1.29 is 74.8 Å². The van der Waals surface area contributed by atoms with Crippen LogP contribution in [0.4, 0.5) is 61.5 Å². The number of benzene rings is 6. The van der Waals surface area contributed by atoms with Gasteiger partial charge in [0.1, 0.15) is 11.1 Å². The van der Waals surface area contributed by atoms with Crippen LogP contribution in [-0.4, -0.2) is 4.89 Å². The summed E-state index contributed by atoms with van der Waals surface area (Å²) in [5.74, 6) is -21.5. The Morgan fingerprint density at radius 3 is 1.08 bits per heavy atom. The van der Waals surface area contributed by atoms with Crippen molar-refractivity contribution in [1.82, 2.24) is 0 Å². The molecule has 1 N–H and O–H groups in total. The second-order valence-electron chi connectivity index (χ2n) is 11.1. The van der Waals surface area contributed by atoms with Crippen LogP contribution in [0.25, 0.3) is 65.7 Å². The molecule has 0 aliphatic carbocycles. The van der Waals surface area contributed by atoms with Gasteiger partial charge in [-0.1, -0.05) is 48.5 Å². The van der Waals surface area contributed by atoms with Crippen LogP contribution in [0.3, 0.4) is 0 Å². The highest BCUT2D eigenvalue weighted by Gasteiger charge is 2.44. The van der Waals surface area contributed by atoms with Gasteiger partial charge in [0.2, 0.25) is 0 Å². The first-order chi connectivity index (χ1) is 24.3. The summed E-state index contributed by atoms with van der Waals surface area (Å²) in [6, 6.07) is 12.2. The summed E-state index contributed by atoms with van der Waals surface area (Å²) in [5, 5.41) is -1.11. The molecule has 3 nitrogen and oxygen atoms in total. The lowest BCUT2D eigenvalue weighted by Crippen LogP contribution is -2.16. The molecule has 0 saturated heterocycles. The lowest BCUT2D eigenvalue weighted by Gasteiger charge is -2.16. The number of halogens is 14. The summed E-state index contributed by atoms with van der Waals surface area (Å²) in [6.07, 6.45) is -11.8. The molecule has 6 aromatic carbocycles. The van der Waals surface area contributed by atoms with E-state index in [0.717, 1.165) is 12.1 Å². The van der Waals surface area contributed by atoms with E-state index in [9.17, 15) is 48.8 Å². The standard InChI is InChI=1S/C34H11F14O3P/c35-23-19(24(36)28(40)21(27(23)39)33(43,44)45)15-9-11-5-1-3-7-13(11)17-18-14-8-4-2-6-12(14)10-16(32(18)51-52(49)50-31(15)17)20-25(37)29(41)22(34(46,47)48)30(42)26(20)38/h1-10,49H. The second kappa shape index (κ2) is 11.9. The third-order valence-electron chi connectivity index (χ3n) is 8.22. The molecule has 0 aliphatic heterocycles. The Balaban J connectivity index is 1.77. The average Bonchev–Trinajstić information content (AvgIpc) is 3.22. The van der Waals surface area contributed by atoms with Gasteiger partial charge in [-0.3, -0.25) is 4.89 Å². The van der Waals surface area contributed by atoms with Gasteiger partial charge >= 0.3 is 20.6 Å². The van der Waals surface area contributed by atoms with Gasteiger partial charge in [0.05, 0.1) is 11.1 Å². The fourth-order valence-electron chi connectivity index (χ4n) is 6.12. The maximum Gasteiger partial charge on any atom is 0.422 e. The average molecular weight is 764 g/mol. The number of rotatable bonds is 2. The minimum absolute atomic E-state index is 0.0295. The van der Waals surface area contributed by atoms with Crippen molar-refractivity contribution in [3.8, 4) is 22.3 Å². The van der Waals surface area contributed by atoms with Gasteiger partial charge < -0.3 is 8.39 Å². The summed E-state index contributed by atoms with van der Waals surface area (Å²) in [7, 11) is -3.56. The zero-order valence-corrected chi connectivity index (χ0v) is 25.7. The highest BCUT2D eigenvalue weighted by atomic mass is 31.1. The zero-order valence-electron chi connectivity index (χ0n) is 24.8. The van der Waals surface area contributed by atoms with E-state index in [4.69, 9.17) is 8.39 Å². The van der Waals surface area contributed by atoms with Crippen molar-refractivity contribution in [1.29, 1.82) is 0 Å². The number of hydrogen-bond acceptors (Lipinski definition) is 3. The fourth-order valence-corrected chi connectivity index (χ4v) is 6.85. The molecule has 18 heteroatoms. The van der Waals surface area contributed by atoms with Crippen LogP contribution in [0.5, 0.6) is 0 Å². The first-order valence-electron chi connectivity index (χ1n) is 14.2. The molecule has 0 atom stereocenters. The number of alkyl halides is 6. The molecular formula is C34H11F14O3P. The predicted octanol–water partition coefficient (Wildman–Crippen LogP) is 12.8. The summed E-state index contributed by atoms with van der Waals surface area (Å²) >= 11 is 0. The Morgan fingerprint density at radius 1 is 0.462 bits per heavy atom. The molecule has 0 fully saturated rings. The van der Waals surface area contributed by atoms with Crippen LogP contribution in [0.1, 0.15) is 11.1 Å². The number of fused-ring (bicyclic) bond motifs is 7. The van der Waals surface area contributed by atoms with Gasteiger partial charge in [0.25, 0.3) is 0 Å². The van der Waals surface area contributed by atoms with Crippen LogP contribution >= 0.6 is 8.24 Å². The monoisotopic (exact) mass is 764 g/mol. The van der Waals surface area contributed by atoms with Gasteiger partial charge in [-0.2, -0.15) is 26.3 Å². The van der Waals surface area contributed by atoms with Crippen molar-refractivity contribution in [2.24, 2.45) is 0 Å². The molecule has 0 unspecified atom stereocenters. The summed E-state index contributed by atoms with van der Waals surface area (Å²) in [6.45, 7) is 0. The molecule has 0 aliphatic rings. The molecule has 0 amide bonds. The van der Waals surface area contributed by atoms with Crippen LogP contribution < -0.4 is 0 Å². The normalized spacial score (nSPS) is 12.5. The highest BCUT2D eigenvalue weighted by Crippen LogP contribution is 2.50. The van der Waals surface area contributed by atoms with Gasteiger partial charge in [-0.15, -0.1) is 0 Å². The van der Waals surface area contributed by atoms with Crippen molar-refractivity contribution in [2.75, 3.05) is 0 Å². The molecule has 52 heavy (non-hydrogen) atoms. The SMILES string of the molecule is Op1oc2c(-c3c(F)c(F)c(C(F)(F)F)c(F)c3F)cc3ccccc3c2c2c(o1)c(-c1c(F)c(F)c(C(F)(F)F)c(F)c1F)cc1ccccc12. The minimum atomic E-state index is -5.91. The van der Waals surface area contributed by atoms with Gasteiger partial charge in [-0.25, -0.2) is 35.1 Å². The molecule has 0 saturated carbocycles. The van der Waals surface area contributed by atoms with E-state index >= 15 is 17.6 Å². The summed E-state index contributed by atoms with van der Waals surface area (Å²) in [5.41, 5.74) is -13.1. The van der Waals surface area contributed by atoms with E-state index in [-0.39, 0.29) is 21.5 Å². The van der Waals surface area contributed by atoms with Crippen LogP contribution in [-0.2, 0) is 12.4 Å². The molecule has 1 aromatic heterocycles. The van der Waals surface area contributed by atoms with Crippen molar-refractivity contribution in [3.63, 3.8) is 0 Å². The van der Waals surface area contributed by atoms with Gasteiger partial charge in [0.15, 0.2) is 57.7 Å². The quantitative estimate of drug-likeness (QED) is 0.141. The Kier molecular flexibility index (Phi) is 8.03. The van der Waals surface area contributed by atoms with E-state index in [1.807, 2.05) is 0 Å². The third kappa shape index (κ3) is 5.16. The molecule has 7 aromatic rings. The van der Waals surface area contributed by atoms with Crippen LogP contribution in [0.15, 0.2) is 69.1 Å². The summed E-state index contributed by atoms with van der Waals surface area (Å²) in [4.78, 5) is 10.9. The van der Waals surface area contributed by atoms with Crippen molar-refractivity contribution >= 4 is 51.7 Å². The minimum Gasteiger partial charge on any atom is -0.398 e. The maximum atomic E-state index is 15.5. The fraction of sp³-hybridized carbons (Fsp3) is 0.0588. The van der Waals surface area contributed by atoms with Crippen LogP contribution in [0, 0.1) is 46.5 Å². The van der Waals surface area contributed by atoms with E-state index < -0.39 is 122 Å². The Morgan fingerprint density at radius 2 is 0.769 bits per heavy atom. The third-order valence-corrected chi connectivity index (χ3v) is 8.90. The van der Waals surface area contributed by atoms with Crippen molar-refractivity contribution in [2.45, 2.75) is 12.4 Å². The first kappa shape index (κ1) is 35.1. The number of hydrogen-bond donors (Lipinski definition) is 1. The second-order valence-corrected chi connectivity index (χ2v) is 12.0. The van der Waals surface area contributed by atoms with Gasteiger partial charge in [0, 0.05) is 21.9 Å². The Labute approximate surface area is 279 Å². The Hall–Kier alpha value is -5.28. The zero-order chi connectivity index (χ0) is 37.8. The molecule has 1 heterocycles. The van der Waals surface area contributed by atoms with Crippen molar-refractivity contribution in [3.05, 3.63) is 118 Å². The predicted molar refractivity (Wildman–Crippen MR) is 159 cm³/mol. The van der Waals surface area contributed by atoms with E-state index in [1.165, 1.54) is 48.5 Å². The van der Waals surface area contributed by atoms with Crippen LogP contribution in [0.2, 0.25) is 0 Å². The van der Waals surface area contributed by atoms with Gasteiger partial charge in [-0.05, 0) is 33.7 Å². The maximum absolute atomic E-state index is 15.5. The lowest BCUT2D eigenvalue weighted by atomic mass is 9.90.